The number of aromatic carboxylic acids is 1. The molecule has 0 aliphatic rings. The van der Waals surface area contributed by atoms with Crippen LogP contribution in [-0.2, 0) is 22.3 Å². The van der Waals surface area contributed by atoms with E-state index < -0.39 is 16.8 Å². The van der Waals surface area contributed by atoms with E-state index in [1.807, 2.05) is 0 Å². The van der Waals surface area contributed by atoms with E-state index in [0.717, 1.165) is 0 Å². The number of rotatable bonds is 5. The van der Waals surface area contributed by atoms with Crippen molar-refractivity contribution in [3.63, 3.8) is 0 Å². The Balaban J connectivity index is 2.12. The van der Waals surface area contributed by atoms with Gasteiger partial charge in [0.25, 0.3) is 0 Å². The van der Waals surface area contributed by atoms with Gasteiger partial charge < -0.3 is 5.11 Å². The van der Waals surface area contributed by atoms with Gasteiger partial charge in [0.15, 0.2) is 0 Å². The molecule has 1 unspecified atom stereocenters. The fourth-order valence-corrected chi connectivity index (χ4v) is 3.84. The van der Waals surface area contributed by atoms with Crippen molar-refractivity contribution < 1.29 is 14.1 Å². The first-order valence-electron chi connectivity index (χ1n) is 6.07. The molecule has 1 atom stereocenters. The second-order valence-corrected chi connectivity index (χ2v) is 6.71. The average Bonchev–Trinajstić information content (AvgIpc) is 2.43. The van der Waals surface area contributed by atoms with Crippen molar-refractivity contribution in [3.05, 3.63) is 69.2 Å². The van der Waals surface area contributed by atoms with Gasteiger partial charge in [-0.15, -0.1) is 0 Å². The Bertz CT molecular complexity index is 681. The second-order valence-electron chi connectivity index (χ2n) is 4.43. The lowest BCUT2D eigenvalue weighted by Crippen LogP contribution is -2.03. The molecule has 0 saturated heterocycles. The quantitative estimate of drug-likeness (QED) is 0.888. The summed E-state index contributed by atoms with van der Waals surface area (Å²) in [5, 5.41) is 9.90. The lowest BCUT2D eigenvalue weighted by Gasteiger charge is -2.07. The molecule has 3 nitrogen and oxygen atoms in total. The minimum absolute atomic E-state index is 0.181. The number of hydrogen-bond donors (Lipinski definition) is 1. The van der Waals surface area contributed by atoms with E-state index in [9.17, 15) is 9.00 Å². The van der Waals surface area contributed by atoms with Gasteiger partial charge in [-0.1, -0.05) is 41.4 Å². The molecule has 6 heteroatoms. The Morgan fingerprint density at radius 3 is 2.29 bits per heavy atom. The minimum Gasteiger partial charge on any atom is -0.478 e. The van der Waals surface area contributed by atoms with E-state index in [0.29, 0.717) is 21.2 Å². The number of carboxylic acids is 1. The number of carboxylic acid groups (broad SMARTS) is 1. The first-order chi connectivity index (χ1) is 9.97. The van der Waals surface area contributed by atoms with Gasteiger partial charge in [-0.25, -0.2) is 4.79 Å². The van der Waals surface area contributed by atoms with Crippen LogP contribution in [0.1, 0.15) is 21.5 Å². The third-order valence-corrected chi connectivity index (χ3v) is 4.84. The average molecular weight is 343 g/mol. The van der Waals surface area contributed by atoms with Gasteiger partial charge in [-0.05, 0) is 29.8 Å². The zero-order valence-electron chi connectivity index (χ0n) is 10.9. The van der Waals surface area contributed by atoms with Gasteiger partial charge in [-0.2, -0.15) is 0 Å². The van der Waals surface area contributed by atoms with E-state index in [2.05, 4.69) is 0 Å². The van der Waals surface area contributed by atoms with Crippen LogP contribution in [0.2, 0.25) is 10.0 Å². The Morgan fingerprint density at radius 1 is 1.05 bits per heavy atom. The smallest absolute Gasteiger partial charge is 0.335 e. The highest BCUT2D eigenvalue weighted by atomic mass is 35.5. The molecule has 2 rings (SSSR count). The Kier molecular flexibility index (Phi) is 5.39. The van der Waals surface area contributed by atoms with Crippen LogP contribution in [0.3, 0.4) is 0 Å². The van der Waals surface area contributed by atoms with E-state index in [1.165, 1.54) is 12.1 Å². The van der Waals surface area contributed by atoms with Gasteiger partial charge in [0.05, 0.1) is 11.3 Å². The van der Waals surface area contributed by atoms with Crippen LogP contribution < -0.4 is 0 Å². The SMILES string of the molecule is O=C(O)c1cccc(CS(=O)Cc2c(Cl)cccc2Cl)c1. The highest BCUT2D eigenvalue weighted by Gasteiger charge is 2.11. The molecule has 0 radical (unpaired) electrons. The van der Waals surface area contributed by atoms with Crippen LogP contribution in [0.15, 0.2) is 42.5 Å². The maximum absolute atomic E-state index is 12.2. The summed E-state index contributed by atoms with van der Waals surface area (Å²) in [7, 11) is -1.23. The van der Waals surface area contributed by atoms with Crippen LogP contribution in [-0.4, -0.2) is 15.3 Å². The molecular formula is C15H12Cl2O3S. The maximum Gasteiger partial charge on any atom is 0.335 e. The first kappa shape index (κ1) is 16.0. The van der Waals surface area contributed by atoms with Crippen molar-refractivity contribution >= 4 is 40.0 Å². The second kappa shape index (κ2) is 7.07. The van der Waals surface area contributed by atoms with Crippen LogP contribution in [0.25, 0.3) is 0 Å². The predicted octanol–water partition coefficient (Wildman–Crippen LogP) is 4.14. The van der Waals surface area contributed by atoms with Crippen molar-refractivity contribution in [3.8, 4) is 0 Å². The van der Waals surface area contributed by atoms with Crippen LogP contribution in [0.5, 0.6) is 0 Å². The van der Waals surface area contributed by atoms with Gasteiger partial charge in [0.1, 0.15) is 0 Å². The fourth-order valence-electron chi connectivity index (χ4n) is 1.86. The largest absolute Gasteiger partial charge is 0.478 e. The molecule has 0 bridgehead atoms. The minimum atomic E-state index is -1.23. The Labute approximate surface area is 135 Å². The van der Waals surface area contributed by atoms with Gasteiger partial charge in [0.2, 0.25) is 0 Å². The molecule has 0 fully saturated rings. The zero-order valence-corrected chi connectivity index (χ0v) is 13.2. The van der Waals surface area contributed by atoms with Crippen molar-refractivity contribution in [2.75, 3.05) is 0 Å². The molecule has 0 heterocycles. The van der Waals surface area contributed by atoms with Gasteiger partial charge in [-0.3, -0.25) is 4.21 Å². The standard InChI is InChI=1S/C15H12Cl2O3S/c16-13-5-2-6-14(17)12(13)9-21(20)8-10-3-1-4-11(7-10)15(18)19/h1-7H,8-9H2,(H,18,19). The summed E-state index contributed by atoms with van der Waals surface area (Å²) in [6, 6.07) is 11.5. The first-order valence-corrected chi connectivity index (χ1v) is 8.32. The summed E-state index contributed by atoms with van der Waals surface area (Å²) < 4.78 is 12.2. The zero-order chi connectivity index (χ0) is 15.4. The van der Waals surface area contributed by atoms with E-state index in [-0.39, 0.29) is 17.1 Å². The van der Waals surface area contributed by atoms with Crippen LogP contribution in [0.4, 0.5) is 0 Å². The molecule has 0 aliphatic carbocycles. The lowest BCUT2D eigenvalue weighted by atomic mass is 10.1. The molecule has 0 aromatic heterocycles. The van der Waals surface area contributed by atoms with E-state index >= 15 is 0 Å². The van der Waals surface area contributed by atoms with E-state index in [4.69, 9.17) is 28.3 Å². The number of benzene rings is 2. The highest BCUT2D eigenvalue weighted by molar-refractivity contribution is 7.83. The van der Waals surface area contributed by atoms with Crippen LogP contribution in [0, 0.1) is 0 Å². The molecule has 2 aromatic carbocycles. The third kappa shape index (κ3) is 4.30. The summed E-state index contributed by atoms with van der Waals surface area (Å²) in [6.07, 6.45) is 0. The van der Waals surface area contributed by atoms with Crippen LogP contribution >= 0.6 is 23.2 Å². The summed E-state index contributed by atoms with van der Waals surface area (Å²) in [6.45, 7) is 0. The molecule has 0 amide bonds. The molecule has 0 spiro atoms. The fraction of sp³-hybridized carbons (Fsp3) is 0.133. The molecule has 0 saturated carbocycles. The van der Waals surface area contributed by atoms with E-state index in [1.54, 1.807) is 30.3 Å². The number of hydrogen-bond acceptors (Lipinski definition) is 2. The third-order valence-electron chi connectivity index (χ3n) is 2.87. The molecule has 0 aliphatic heterocycles. The monoisotopic (exact) mass is 342 g/mol. The van der Waals surface area contributed by atoms with Crippen molar-refractivity contribution in [2.45, 2.75) is 11.5 Å². The molecular weight excluding hydrogens is 331 g/mol. The summed E-state index contributed by atoms with van der Waals surface area (Å²) in [5.41, 5.74) is 1.53. The number of halogens is 2. The van der Waals surface area contributed by atoms with Crippen molar-refractivity contribution in [2.24, 2.45) is 0 Å². The number of carbonyl (C=O) groups is 1. The van der Waals surface area contributed by atoms with Crippen molar-refractivity contribution in [1.29, 1.82) is 0 Å². The van der Waals surface area contributed by atoms with Crippen molar-refractivity contribution in [1.82, 2.24) is 0 Å². The maximum atomic E-state index is 12.2. The topological polar surface area (TPSA) is 54.4 Å². The predicted molar refractivity (Wildman–Crippen MR) is 85.4 cm³/mol. The Morgan fingerprint density at radius 2 is 1.67 bits per heavy atom. The molecule has 1 N–H and O–H groups in total. The highest BCUT2D eigenvalue weighted by Crippen LogP contribution is 2.26. The summed E-state index contributed by atoms with van der Waals surface area (Å²) in [5.74, 6) is -0.518. The van der Waals surface area contributed by atoms with Gasteiger partial charge >= 0.3 is 5.97 Å². The molecule has 2 aromatic rings. The normalized spacial score (nSPS) is 12.1. The Hall–Kier alpha value is -1.36. The summed E-state index contributed by atoms with van der Waals surface area (Å²) in [4.78, 5) is 10.9. The lowest BCUT2D eigenvalue weighted by molar-refractivity contribution is 0.0696. The summed E-state index contributed by atoms with van der Waals surface area (Å²) >= 11 is 12.1. The molecule has 21 heavy (non-hydrogen) atoms. The van der Waals surface area contributed by atoms with Gasteiger partial charge in [0, 0.05) is 32.2 Å². The molecule has 110 valence electrons.